The number of anilines is 3. The van der Waals surface area contributed by atoms with E-state index in [9.17, 15) is 18.0 Å². The van der Waals surface area contributed by atoms with Gasteiger partial charge in [-0.05, 0) is 67.6 Å². The average Bonchev–Trinajstić information content (AvgIpc) is 2.88. The highest BCUT2D eigenvalue weighted by molar-refractivity contribution is 7.92. The van der Waals surface area contributed by atoms with E-state index < -0.39 is 22.0 Å². The summed E-state index contributed by atoms with van der Waals surface area (Å²) in [6.07, 6.45) is -0.476. The van der Waals surface area contributed by atoms with Crippen LogP contribution in [0.1, 0.15) is 17.3 Å². The summed E-state index contributed by atoms with van der Waals surface area (Å²) >= 11 is 0. The number of nitrogens with one attached hydrogen (secondary N) is 1. The number of rotatable bonds is 8. The van der Waals surface area contributed by atoms with Crippen molar-refractivity contribution >= 4 is 39.1 Å². The Labute approximate surface area is 204 Å². The van der Waals surface area contributed by atoms with Crippen LogP contribution in [0.4, 0.5) is 21.9 Å². The van der Waals surface area contributed by atoms with Gasteiger partial charge in [0, 0.05) is 31.0 Å². The third kappa shape index (κ3) is 5.72. The summed E-state index contributed by atoms with van der Waals surface area (Å²) in [7, 11) is 0.631. The number of carbonyl (C=O) groups excluding carboxylic acids is 2. The van der Waals surface area contributed by atoms with E-state index in [0.29, 0.717) is 22.8 Å². The molecule has 0 aliphatic heterocycles. The van der Waals surface area contributed by atoms with Crippen LogP contribution in [0, 0.1) is 0 Å². The second-order valence-electron chi connectivity index (χ2n) is 7.43. The molecule has 0 saturated carbocycles. The summed E-state index contributed by atoms with van der Waals surface area (Å²) in [6, 6.07) is 19.1. The molecular formula is C25H27N3O6S. The van der Waals surface area contributed by atoms with Gasteiger partial charge >= 0.3 is 6.09 Å². The number of hydrogen-bond donors (Lipinski definition) is 1. The van der Waals surface area contributed by atoms with Crippen molar-refractivity contribution in [2.75, 3.05) is 42.3 Å². The maximum Gasteiger partial charge on any atom is 0.413 e. The predicted molar refractivity (Wildman–Crippen MR) is 135 cm³/mol. The van der Waals surface area contributed by atoms with E-state index in [4.69, 9.17) is 9.47 Å². The van der Waals surface area contributed by atoms with E-state index in [0.717, 1.165) is 4.31 Å². The van der Waals surface area contributed by atoms with Crippen LogP contribution in [0.2, 0.25) is 0 Å². The summed E-state index contributed by atoms with van der Waals surface area (Å²) in [5.74, 6) is 0.0209. The number of sulfonamides is 1. The Bertz CT molecular complexity index is 1290. The number of benzene rings is 3. The lowest BCUT2D eigenvalue weighted by atomic mass is 10.2. The lowest BCUT2D eigenvalue weighted by Gasteiger charge is -2.21. The maximum absolute atomic E-state index is 13.1. The molecule has 0 saturated heterocycles. The molecule has 3 aromatic rings. The van der Waals surface area contributed by atoms with E-state index in [1.165, 1.54) is 43.3 Å². The number of carbonyl (C=O) groups is 2. The Hall–Kier alpha value is -4.05. The standard InChI is InChI=1S/C25H27N3O6S/c1-5-34-25(30)27(2)20-14-12-19(13-15-20)26-24(29)18-10-16-21(17-11-18)35(31,32)28(3)22-8-6-7-9-23(22)33-4/h6-17H,5H2,1-4H3,(H,26,29). The van der Waals surface area contributed by atoms with Gasteiger partial charge in [-0.1, -0.05) is 12.1 Å². The highest BCUT2D eigenvalue weighted by Gasteiger charge is 2.24. The van der Waals surface area contributed by atoms with Gasteiger partial charge in [0.15, 0.2) is 0 Å². The smallest absolute Gasteiger partial charge is 0.413 e. The minimum absolute atomic E-state index is 0.0359. The van der Waals surface area contributed by atoms with Gasteiger partial charge in [-0.15, -0.1) is 0 Å². The average molecular weight is 498 g/mol. The molecule has 0 aromatic heterocycles. The molecule has 10 heteroatoms. The predicted octanol–water partition coefficient (Wildman–Crippen LogP) is 4.37. The fourth-order valence-electron chi connectivity index (χ4n) is 3.25. The molecule has 0 atom stereocenters. The first-order valence-corrected chi connectivity index (χ1v) is 12.2. The van der Waals surface area contributed by atoms with Crippen molar-refractivity contribution in [3.8, 4) is 5.75 Å². The molecule has 0 heterocycles. The minimum atomic E-state index is -3.87. The van der Waals surface area contributed by atoms with Crippen molar-refractivity contribution in [2.45, 2.75) is 11.8 Å². The Morgan fingerprint density at radius 2 is 1.54 bits per heavy atom. The zero-order valence-corrected chi connectivity index (χ0v) is 20.7. The fraction of sp³-hybridized carbons (Fsp3) is 0.200. The summed E-state index contributed by atoms with van der Waals surface area (Å²) in [5.41, 5.74) is 1.81. The van der Waals surface area contributed by atoms with Gasteiger partial charge in [-0.25, -0.2) is 13.2 Å². The van der Waals surface area contributed by atoms with Crippen molar-refractivity contribution in [1.82, 2.24) is 0 Å². The van der Waals surface area contributed by atoms with Gasteiger partial charge in [-0.2, -0.15) is 0 Å². The summed E-state index contributed by atoms with van der Waals surface area (Å²) in [6.45, 7) is 2.00. The van der Waals surface area contributed by atoms with Crippen molar-refractivity contribution in [3.05, 3.63) is 78.4 Å². The summed E-state index contributed by atoms with van der Waals surface area (Å²) in [4.78, 5) is 25.9. The van der Waals surface area contributed by atoms with E-state index in [1.807, 2.05) is 0 Å². The lowest BCUT2D eigenvalue weighted by Crippen LogP contribution is -2.27. The second-order valence-corrected chi connectivity index (χ2v) is 9.40. The number of methoxy groups -OCH3 is 1. The molecule has 0 unspecified atom stereocenters. The van der Waals surface area contributed by atoms with Gasteiger partial charge < -0.3 is 14.8 Å². The monoisotopic (exact) mass is 497 g/mol. The molecule has 35 heavy (non-hydrogen) atoms. The maximum atomic E-state index is 13.1. The molecule has 2 amide bonds. The van der Waals surface area contributed by atoms with Crippen LogP contribution in [-0.2, 0) is 14.8 Å². The fourth-order valence-corrected chi connectivity index (χ4v) is 4.46. The van der Waals surface area contributed by atoms with Crippen LogP contribution in [-0.4, -0.2) is 48.2 Å². The van der Waals surface area contributed by atoms with Gasteiger partial charge in [0.25, 0.3) is 15.9 Å². The normalized spacial score (nSPS) is 10.9. The minimum Gasteiger partial charge on any atom is -0.495 e. The second kappa shape index (κ2) is 10.9. The van der Waals surface area contributed by atoms with Crippen molar-refractivity contribution < 1.29 is 27.5 Å². The number of ether oxygens (including phenoxy) is 2. The van der Waals surface area contributed by atoms with Gasteiger partial charge in [-0.3, -0.25) is 14.0 Å². The molecule has 0 bridgehead atoms. The largest absolute Gasteiger partial charge is 0.495 e. The Kier molecular flexibility index (Phi) is 7.98. The molecule has 0 fully saturated rings. The Morgan fingerprint density at radius 3 is 2.14 bits per heavy atom. The highest BCUT2D eigenvalue weighted by Crippen LogP contribution is 2.31. The molecule has 184 valence electrons. The van der Waals surface area contributed by atoms with Crippen LogP contribution in [0.15, 0.2) is 77.7 Å². The van der Waals surface area contributed by atoms with Gasteiger partial charge in [0.2, 0.25) is 0 Å². The molecule has 0 aliphatic carbocycles. The van der Waals surface area contributed by atoms with Crippen molar-refractivity contribution in [2.24, 2.45) is 0 Å². The van der Waals surface area contributed by atoms with E-state index >= 15 is 0 Å². The summed E-state index contributed by atoms with van der Waals surface area (Å²) < 4.78 is 37.5. The Morgan fingerprint density at radius 1 is 0.914 bits per heavy atom. The van der Waals surface area contributed by atoms with Crippen molar-refractivity contribution in [3.63, 3.8) is 0 Å². The van der Waals surface area contributed by atoms with E-state index in [1.54, 1.807) is 62.5 Å². The quantitative estimate of drug-likeness (QED) is 0.496. The van der Waals surface area contributed by atoms with Crippen LogP contribution in [0.5, 0.6) is 5.75 Å². The number of nitrogens with zero attached hydrogens (tertiary/aromatic N) is 2. The zero-order chi connectivity index (χ0) is 25.6. The third-order valence-electron chi connectivity index (χ3n) is 5.25. The molecule has 0 radical (unpaired) electrons. The van der Waals surface area contributed by atoms with E-state index in [2.05, 4.69) is 5.32 Å². The van der Waals surface area contributed by atoms with Crippen LogP contribution in [0.25, 0.3) is 0 Å². The first-order chi connectivity index (χ1) is 16.7. The number of para-hydroxylation sites is 2. The third-order valence-corrected chi connectivity index (χ3v) is 7.04. The molecule has 0 aliphatic rings. The Balaban J connectivity index is 1.71. The highest BCUT2D eigenvalue weighted by atomic mass is 32.2. The van der Waals surface area contributed by atoms with Crippen LogP contribution in [0.3, 0.4) is 0 Å². The van der Waals surface area contributed by atoms with Crippen molar-refractivity contribution in [1.29, 1.82) is 0 Å². The van der Waals surface area contributed by atoms with Crippen LogP contribution >= 0.6 is 0 Å². The number of hydrogen-bond acceptors (Lipinski definition) is 6. The first kappa shape index (κ1) is 25.6. The number of amides is 2. The van der Waals surface area contributed by atoms with E-state index in [-0.39, 0.29) is 17.1 Å². The lowest BCUT2D eigenvalue weighted by molar-refractivity contribution is 0.102. The molecule has 3 rings (SSSR count). The SMILES string of the molecule is CCOC(=O)N(C)c1ccc(NC(=O)c2ccc(S(=O)(=O)N(C)c3ccccc3OC)cc2)cc1. The topological polar surface area (TPSA) is 105 Å². The molecule has 9 nitrogen and oxygen atoms in total. The van der Waals surface area contributed by atoms with Crippen LogP contribution < -0.4 is 19.3 Å². The molecular weight excluding hydrogens is 470 g/mol. The zero-order valence-electron chi connectivity index (χ0n) is 19.9. The first-order valence-electron chi connectivity index (χ1n) is 10.7. The van der Waals surface area contributed by atoms with Gasteiger partial charge in [0.05, 0.1) is 24.3 Å². The molecule has 1 N–H and O–H groups in total. The molecule has 0 spiro atoms. The summed E-state index contributed by atoms with van der Waals surface area (Å²) in [5, 5.41) is 2.75. The molecule has 3 aromatic carbocycles. The van der Waals surface area contributed by atoms with Gasteiger partial charge in [0.1, 0.15) is 5.75 Å².